The second-order valence-electron chi connectivity index (χ2n) is 6.39. The van der Waals surface area contributed by atoms with Gasteiger partial charge in [0.1, 0.15) is 0 Å². The molecule has 0 unspecified atom stereocenters. The molecule has 0 spiro atoms. The lowest BCUT2D eigenvalue weighted by atomic mass is 9.79. The van der Waals surface area contributed by atoms with Gasteiger partial charge < -0.3 is 11.1 Å². The first-order valence-electron chi connectivity index (χ1n) is 8.20. The Bertz CT molecular complexity index is 462. The maximum atomic E-state index is 12.6. The highest BCUT2D eigenvalue weighted by atomic mass is 16.2. The van der Waals surface area contributed by atoms with Gasteiger partial charge in [0.2, 0.25) is 5.91 Å². The van der Waals surface area contributed by atoms with Crippen LogP contribution in [0.2, 0.25) is 0 Å². The summed E-state index contributed by atoms with van der Waals surface area (Å²) in [6.07, 6.45) is 7.50. The largest absolute Gasteiger partial charge is 0.355 e. The molecular formula is C18H28N2O. The van der Waals surface area contributed by atoms with Crippen LogP contribution in [0.4, 0.5) is 0 Å². The normalized spacial score (nSPS) is 18.0. The first kappa shape index (κ1) is 16.0. The van der Waals surface area contributed by atoms with Crippen LogP contribution in [0.5, 0.6) is 0 Å². The molecule has 0 saturated heterocycles. The average molecular weight is 288 g/mol. The third-order valence-corrected chi connectivity index (χ3v) is 4.71. The molecule has 1 aromatic rings. The van der Waals surface area contributed by atoms with E-state index in [0.29, 0.717) is 13.1 Å². The SMILES string of the molecule is Cc1cccc(CCNC(=O)C2(CN)CCCCCC2)c1. The fourth-order valence-corrected chi connectivity index (χ4v) is 3.30. The molecule has 1 aliphatic carbocycles. The van der Waals surface area contributed by atoms with E-state index in [1.165, 1.54) is 24.0 Å². The zero-order valence-corrected chi connectivity index (χ0v) is 13.2. The Balaban J connectivity index is 1.87. The zero-order valence-electron chi connectivity index (χ0n) is 13.2. The van der Waals surface area contributed by atoms with Crippen LogP contribution in [-0.2, 0) is 11.2 Å². The Morgan fingerprint density at radius 1 is 1.24 bits per heavy atom. The lowest BCUT2D eigenvalue weighted by Gasteiger charge is -2.29. The lowest BCUT2D eigenvalue weighted by molar-refractivity contribution is -0.131. The maximum Gasteiger partial charge on any atom is 0.227 e. The Morgan fingerprint density at radius 2 is 1.95 bits per heavy atom. The van der Waals surface area contributed by atoms with Gasteiger partial charge >= 0.3 is 0 Å². The number of hydrogen-bond acceptors (Lipinski definition) is 2. The van der Waals surface area contributed by atoms with Gasteiger partial charge in [-0.2, -0.15) is 0 Å². The van der Waals surface area contributed by atoms with E-state index in [1.54, 1.807) is 0 Å². The molecule has 1 aromatic carbocycles. The number of carbonyl (C=O) groups excluding carboxylic acids is 1. The van der Waals surface area contributed by atoms with Crippen molar-refractivity contribution in [3.8, 4) is 0 Å². The predicted octanol–water partition coefficient (Wildman–Crippen LogP) is 2.95. The smallest absolute Gasteiger partial charge is 0.227 e. The van der Waals surface area contributed by atoms with Gasteiger partial charge in [0.25, 0.3) is 0 Å². The number of aryl methyl sites for hydroxylation is 1. The highest BCUT2D eigenvalue weighted by molar-refractivity contribution is 5.82. The van der Waals surface area contributed by atoms with Gasteiger partial charge in [-0.05, 0) is 31.7 Å². The van der Waals surface area contributed by atoms with Crippen LogP contribution < -0.4 is 11.1 Å². The molecule has 3 heteroatoms. The number of benzene rings is 1. The van der Waals surface area contributed by atoms with E-state index in [0.717, 1.165) is 32.1 Å². The summed E-state index contributed by atoms with van der Waals surface area (Å²) in [4.78, 5) is 12.6. The molecule has 1 amide bonds. The minimum atomic E-state index is -0.316. The summed E-state index contributed by atoms with van der Waals surface area (Å²) in [5, 5.41) is 3.12. The molecular weight excluding hydrogens is 260 g/mol. The minimum Gasteiger partial charge on any atom is -0.355 e. The molecule has 3 nitrogen and oxygen atoms in total. The van der Waals surface area contributed by atoms with E-state index in [9.17, 15) is 4.79 Å². The van der Waals surface area contributed by atoms with Gasteiger partial charge in [0.15, 0.2) is 0 Å². The molecule has 21 heavy (non-hydrogen) atoms. The topological polar surface area (TPSA) is 55.1 Å². The Kier molecular flexibility index (Phi) is 5.80. The van der Waals surface area contributed by atoms with Crippen molar-refractivity contribution < 1.29 is 4.79 Å². The molecule has 2 rings (SSSR count). The van der Waals surface area contributed by atoms with Gasteiger partial charge in [-0.1, -0.05) is 55.5 Å². The fraction of sp³-hybridized carbons (Fsp3) is 0.611. The highest BCUT2D eigenvalue weighted by Crippen LogP contribution is 2.34. The second-order valence-corrected chi connectivity index (χ2v) is 6.39. The van der Waals surface area contributed by atoms with Crippen molar-refractivity contribution in [2.45, 2.75) is 51.9 Å². The van der Waals surface area contributed by atoms with E-state index >= 15 is 0 Å². The zero-order chi connectivity index (χ0) is 15.1. The quantitative estimate of drug-likeness (QED) is 0.818. The van der Waals surface area contributed by atoms with Crippen molar-refractivity contribution in [2.24, 2.45) is 11.1 Å². The van der Waals surface area contributed by atoms with Crippen molar-refractivity contribution >= 4 is 5.91 Å². The van der Waals surface area contributed by atoms with Crippen molar-refractivity contribution in [3.63, 3.8) is 0 Å². The Labute approximate surface area is 128 Å². The molecule has 1 aliphatic rings. The van der Waals surface area contributed by atoms with Crippen molar-refractivity contribution in [3.05, 3.63) is 35.4 Å². The standard InChI is InChI=1S/C18H28N2O/c1-15-7-6-8-16(13-15)9-12-20-17(21)18(14-19)10-4-2-3-5-11-18/h6-8,13H,2-5,9-12,14,19H2,1H3,(H,20,21). The summed E-state index contributed by atoms with van der Waals surface area (Å²) in [6, 6.07) is 8.45. The fourth-order valence-electron chi connectivity index (χ4n) is 3.30. The number of amides is 1. The number of nitrogens with two attached hydrogens (primary N) is 1. The third-order valence-electron chi connectivity index (χ3n) is 4.71. The number of rotatable bonds is 5. The summed E-state index contributed by atoms with van der Waals surface area (Å²) in [7, 11) is 0. The first-order valence-corrected chi connectivity index (χ1v) is 8.20. The van der Waals surface area contributed by atoms with E-state index < -0.39 is 0 Å². The van der Waals surface area contributed by atoms with E-state index in [2.05, 4.69) is 36.5 Å². The third kappa shape index (κ3) is 4.31. The predicted molar refractivity (Wildman–Crippen MR) is 87.1 cm³/mol. The van der Waals surface area contributed by atoms with Gasteiger partial charge in [-0.15, -0.1) is 0 Å². The average Bonchev–Trinajstić information content (AvgIpc) is 2.73. The van der Waals surface area contributed by atoms with E-state index in [4.69, 9.17) is 5.73 Å². The number of nitrogens with one attached hydrogen (secondary N) is 1. The van der Waals surface area contributed by atoms with Gasteiger partial charge in [0.05, 0.1) is 5.41 Å². The first-order chi connectivity index (χ1) is 10.2. The minimum absolute atomic E-state index is 0.166. The van der Waals surface area contributed by atoms with Crippen LogP contribution in [-0.4, -0.2) is 19.0 Å². The molecule has 0 aromatic heterocycles. The van der Waals surface area contributed by atoms with Crippen molar-refractivity contribution in [1.29, 1.82) is 0 Å². The maximum absolute atomic E-state index is 12.6. The van der Waals surface area contributed by atoms with Crippen molar-refractivity contribution in [2.75, 3.05) is 13.1 Å². The summed E-state index contributed by atoms with van der Waals surface area (Å²) in [5.74, 6) is 0.166. The second kappa shape index (κ2) is 7.60. The number of carbonyl (C=O) groups is 1. The number of hydrogen-bond donors (Lipinski definition) is 2. The van der Waals surface area contributed by atoms with Crippen LogP contribution in [0.3, 0.4) is 0 Å². The molecule has 0 aliphatic heterocycles. The molecule has 0 radical (unpaired) electrons. The molecule has 116 valence electrons. The van der Waals surface area contributed by atoms with Crippen LogP contribution in [0, 0.1) is 12.3 Å². The van der Waals surface area contributed by atoms with Crippen LogP contribution >= 0.6 is 0 Å². The monoisotopic (exact) mass is 288 g/mol. The molecule has 0 bridgehead atoms. The molecule has 0 atom stereocenters. The van der Waals surface area contributed by atoms with Gasteiger partial charge in [-0.3, -0.25) is 4.79 Å². The molecule has 1 fully saturated rings. The Hall–Kier alpha value is -1.35. The van der Waals surface area contributed by atoms with Crippen LogP contribution in [0.1, 0.15) is 49.7 Å². The molecule has 3 N–H and O–H groups in total. The van der Waals surface area contributed by atoms with E-state index in [1.807, 2.05) is 0 Å². The van der Waals surface area contributed by atoms with Crippen LogP contribution in [0.25, 0.3) is 0 Å². The van der Waals surface area contributed by atoms with Gasteiger partial charge in [-0.25, -0.2) is 0 Å². The van der Waals surface area contributed by atoms with Crippen LogP contribution in [0.15, 0.2) is 24.3 Å². The summed E-state index contributed by atoms with van der Waals surface area (Å²) in [6.45, 7) is 3.27. The van der Waals surface area contributed by atoms with Crippen molar-refractivity contribution in [1.82, 2.24) is 5.32 Å². The Morgan fingerprint density at radius 3 is 2.57 bits per heavy atom. The summed E-state index contributed by atoms with van der Waals surface area (Å²) in [5.41, 5.74) is 8.17. The molecule has 1 saturated carbocycles. The highest BCUT2D eigenvalue weighted by Gasteiger charge is 2.36. The summed E-state index contributed by atoms with van der Waals surface area (Å²) >= 11 is 0. The lowest BCUT2D eigenvalue weighted by Crippen LogP contribution is -2.46. The van der Waals surface area contributed by atoms with Gasteiger partial charge in [0, 0.05) is 13.1 Å². The van der Waals surface area contributed by atoms with E-state index in [-0.39, 0.29) is 11.3 Å². The summed E-state index contributed by atoms with van der Waals surface area (Å²) < 4.78 is 0. The molecule has 0 heterocycles.